The van der Waals surface area contributed by atoms with Gasteiger partial charge in [0.1, 0.15) is 18.3 Å². The molecule has 1 atom stereocenters. The Kier molecular flexibility index (Phi) is 11.6. The number of sulfonamides is 1. The average Bonchev–Trinajstić information content (AvgIpc) is 3.02. The molecule has 248 valence electrons. The van der Waals surface area contributed by atoms with Crippen LogP contribution in [0.2, 0.25) is 10.0 Å². The van der Waals surface area contributed by atoms with Gasteiger partial charge in [0.05, 0.1) is 17.7 Å². The molecule has 4 aromatic rings. The topological polar surface area (TPSA) is 96.0 Å². The van der Waals surface area contributed by atoms with Gasteiger partial charge in [0, 0.05) is 28.5 Å². The number of carbonyl (C=O) groups excluding carboxylic acids is 2. The predicted molar refractivity (Wildman–Crippen MR) is 188 cm³/mol. The Hall–Kier alpha value is -4.05. The van der Waals surface area contributed by atoms with Crippen molar-refractivity contribution in [2.45, 2.75) is 57.1 Å². The van der Waals surface area contributed by atoms with Gasteiger partial charge in [-0.3, -0.25) is 13.9 Å². The molecule has 4 aromatic carbocycles. The van der Waals surface area contributed by atoms with Crippen LogP contribution in [0.4, 0.5) is 5.69 Å². The number of hydrogen-bond acceptors (Lipinski definition) is 5. The number of anilines is 1. The molecule has 0 radical (unpaired) electrons. The van der Waals surface area contributed by atoms with Crippen LogP contribution >= 0.6 is 23.2 Å². The number of methoxy groups -OCH3 is 1. The number of nitrogens with one attached hydrogen (secondary N) is 1. The van der Waals surface area contributed by atoms with E-state index >= 15 is 0 Å². The van der Waals surface area contributed by atoms with Crippen molar-refractivity contribution in [3.63, 3.8) is 0 Å². The quantitative estimate of drug-likeness (QED) is 0.171. The Labute approximate surface area is 287 Å². The van der Waals surface area contributed by atoms with Crippen molar-refractivity contribution in [3.8, 4) is 5.75 Å². The lowest BCUT2D eigenvalue weighted by atomic mass is 10.0. The summed E-state index contributed by atoms with van der Waals surface area (Å²) in [5.74, 6) is -0.754. The normalized spacial score (nSPS) is 12.2. The maximum absolute atomic E-state index is 14.7. The monoisotopic (exact) mass is 695 g/mol. The third-order valence-corrected chi connectivity index (χ3v) is 9.70. The highest BCUT2D eigenvalue weighted by molar-refractivity contribution is 7.92. The molecule has 0 aliphatic rings. The van der Waals surface area contributed by atoms with E-state index in [-0.39, 0.29) is 29.3 Å². The fourth-order valence-corrected chi connectivity index (χ4v) is 6.97. The highest BCUT2D eigenvalue weighted by Gasteiger charge is 2.36. The molecule has 4 rings (SSSR count). The van der Waals surface area contributed by atoms with Crippen LogP contribution < -0.4 is 14.4 Å². The standard InChI is InChI=1S/C36H39Cl2N3O5S/c1-25-16-19-33(46-5)31(20-25)41(47(44,45)29-14-10-7-11-15-29)24-34(42)40(23-27-17-18-28(37)22-30(27)38)32(35(43)39-36(2,3)4)21-26-12-8-6-9-13-26/h6-20,22,32H,21,23-24H2,1-5H3,(H,39,43). The fourth-order valence-electron chi connectivity index (χ4n) is 5.07. The molecule has 11 heteroatoms. The largest absolute Gasteiger partial charge is 0.495 e. The van der Waals surface area contributed by atoms with E-state index in [9.17, 15) is 18.0 Å². The number of amides is 2. The van der Waals surface area contributed by atoms with E-state index in [1.54, 1.807) is 54.6 Å². The smallest absolute Gasteiger partial charge is 0.264 e. The van der Waals surface area contributed by atoms with Crippen LogP contribution in [-0.4, -0.2) is 50.4 Å². The van der Waals surface area contributed by atoms with Gasteiger partial charge >= 0.3 is 0 Å². The summed E-state index contributed by atoms with van der Waals surface area (Å²) in [4.78, 5) is 30.1. The third kappa shape index (κ3) is 9.28. The van der Waals surface area contributed by atoms with Gasteiger partial charge in [-0.15, -0.1) is 0 Å². The maximum atomic E-state index is 14.7. The summed E-state index contributed by atoms with van der Waals surface area (Å²) in [7, 11) is -2.86. The van der Waals surface area contributed by atoms with Crippen LogP contribution in [0.3, 0.4) is 0 Å². The van der Waals surface area contributed by atoms with Crippen molar-refractivity contribution < 1.29 is 22.7 Å². The van der Waals surface area contributed by atoms with E-state index in [0.717, 1.165) is 15.4 Å². The number of carbonyl (C=O) groups is 2. The molecular weight excluding hydrogens is 657 g/mol. The van der Waals surface area contributed by atoms with Crippen molar-refractivity contribution in [2.24, 2.45) is 0 Å². The second-order valence-electron chi connectivity index (χ2n) is 12.2. The minimum absolute atomic E-state index is 0.00466. The Morgan fingerprint density at radius 1 is 0.894 bits per heavy atom. The second kappa shape index (κ2) is 15.2. The molecule has 0 bridgehead atoms. The van der Waals surface area contributed by atoms with Crippen molar-refractivity contribution in [1.29, 1.82) is 0 Å². The fraction of sp³-hybridized carbons (Fsp3) is 0.278. The van der Waals surface area contributed by atoms with Crippen molar-refractivity contribution in [1.82, 2.24) is 10.2 Å². The molecular formula is C36H39Cl2N3O5S. The van der Waals surface area contributed by atoms with E-state index < -0.39 is 40.0 Å². The number of aryl methyl sites for hydroxylation is 1. The lowest BCUT2D eigenvalue weighted by Gasteiger charge is -2.35. The maximum Gasteiger partial charge on any atom is 0.264 e. The van der Waals surface area contributed by atoms with Gasteiger partial charge < -0.3 is 15.0 Å². The highest BCUT2D eigenvalue weighted by Crippen LogP contribution is 2.34. The Morgan fingerprint density at radius 3 is 2.13 bits per heavy atom. The third-order valence-electron chi connectivity index (χ3n) is 7.34. The lowest BCUT2D eigenvalue weighted by Crippen LogP contribution is -2.56. The Balaban J connectivity index is 1.88. The number of benzene rings is 4. The first kappa shape index (κ1) is 35.8. The van der Waals surface area contributed by atoms with Crippen LogP contribution in [0.15, 0.2) is 102 Å². The van der Waals surface area contributed by atoms with Gasteiger partial charge in [0.25, 0.3) is 10.0 Å². The SMILES string of the molecule is COc1ccc(C)cc1N(CC(=O)N(Cc1ccc(Cl)cc1Cl)C(Cc1ccccc1)C(=O)NC(C)(C)C)S(=O)(=O)c1ccccc1. The van der Waals surface area contributed by atoms with Gasteiger partial charge in [-0.2, -0.15) is 0 Å². The van der Waals surface area contributed by atoms with Crippen LogP contribution in [-0.2, 0) is 32.6 Å². The summed E-state index contributed by atoms with van der Waals surface area (Å²) >= 11 is 12.8. The van der Waals surface area contributed by atoms with Gasteiger partial charge in [-0.1, -0.05) is 83.9 Å². The van der Waals surface area contributed by atoms with E-state index in [1.165, 1.54) is 24.1 Å². The Bertz CT molecular complexity index is 1810. The number of hydrogen-bond donors (Lipinski definition) is 1. The highest BCUT2D eigenvalue weighted by atomic mass is 35.5. The van der Waals surface area contributed by atoms with E-state index in [2.05, 4.69) is 5.32 Å². The molecule has 0 saturated heterocycles. The Morgan fingerprint density at radius 2 is 1.53 bits per heavy atom. The molecule has 0 saturated carbocycles. The second-order valence-corrected chi connectivity index (χ2v) is 14.9. The molecule has 0 aliphatic heterocycles. The number of ether oxygens (including phenoxy) is 1. The summed E-state index contributed by atoms with van der Waals surface area (Å²) in [5.41, 5.74) is 1.69. The van der Waals surface area contributed by atoms with Crippen LogP contribution in [0, 0.1) is 6.92 Å². The van der Waals surface area contributed by atoms with E-state index in [0.29, 0.717) is 15.6 Å². The molecule has 0 fully saturated rings. The molecule has 1 N–H and O–H groups in total. The predicted octanol–water partition coefficient (Wildman–Crippen LogP) is 7.06. The van der Waals surface area contributed by atoms with E-state index in [1.807, 2.05) is 58.0 Å². The zero-order valence-electron chi connectivity index (χ0n) is 27.0. The summed E-state index contributed by atoms with van der Waals surface area (Å²) < 4.78 is 35.2. The van der Waals surface area contributed by atoms with E-state index in [4.69, 9.17) is 27.9 Å². The molecule has 0 aliphatic carbocycles. The molecule has 0 heterocycles. The summed E-state index contributed by atoms with van der Waals surface area (Å²) in [6.45, 7) is 6.66. The van der Waals surface area contributed by atoms with Crippen LogP contribution in [0.25, 0.3) is 0 Å². The summed E-state index contributed by atoms with van der Waals surface area (Å²) in [6.07, 6.45) is 0.166. The van der Waals surface area contributed by atoms with Gasteiger partial charge in [-0.05, 0) is 80.8 Å². The van der Waals surface area contributed by atoms with Gasteiger partial charge in [-0.25, -0.2) is 8.42 Å². The minimum atomic E-state index is -4.29. The first-order chi connectivity index (χ1) is 22.2. The minimum Gasteiger partial charge on any atom is -0.495 e. The van der Waals surface area contributed by atoms with Crippen LogP contribution in [0.5, 0.6) is 5.75 Å². The molecule has 0 spiro atoms. The zero-order valence-corrected chi connectivity index (χ0v) is 29.4. The molecule has 2 amide bonds. The first-order valence-electron chi connectivity index (χ1n) is 15.0. The lowest BCUT2D eigenvalue weighted by molar-refractivity contribution is -0.140. The molecule has 0 aromatic heterocycles. The first-order valence-corrected chi connectivity index (χ1v) is 17.2. The molecule has 47 heavy (non-hydrogen) atoms. The van der Waals surface area contributed by atoms with Crippen molar-refractivity contribution >= 4 is 50.7 Å². The molecule has 8 nitrogen and oxygen atoms in total. The van der Waals surface area contributed by atoms with Gasteiger partial charge in [0.15, 0.2) is 0 Å². The number of nitrogens with zero attached hydrogens (tertiary/aromatic N) is 2. The zero-order chi connectivity index (χ0) is 34.4. The summed E-state index contributed by atoms with van der Waals surface area (Å²) in [6, 6.07) is 26.2. The van der Waals surface area contributed by atoms with Crippen molar-refractivity contribution in [3.05, 3.63) is 124 Å². The number of halogens is 2. The van der Waals surface area contributed by atoms with Crippen molar-refractivity contribution in [2.75, 3.05) is 18.0 Å². The summed E-state index contributed by atoms with van der Waals surface area (Å²) in [5, 5.41) is 3.73. The molecule has 1 unspecified atom stereocenters. The van der Waals surface area contributed by atoms with Gasteiger partial charge in [0.2, 0.25) is 11.8 Å². The average molecular weight is 697 g/mol. The van der Waals surface area contributed by atoms with Crippen LogP contribution in [0.1, 0.15) is 37.5 Å². The number of rotatable bonds is 12.